The summed E-state index contributed by atoms with van der Waals surface area (Å²) in [6.45, 7) is 1.73. The monoisotopic (exact) mass is 489 g/mol. The summed E-state index contributed by atoms with van der Waals surface area (Å²) in [5.41, 5.74) is -0.591. The molecule has 3 aromatic rings. The Balaban J connectivity index is 1.56. The number of carbonyl (C=O) groups is 4. The molecule has 2 amide bonds. The number of fused-ring (bicyclic) bond motifs is 3. The van der Waals surface area contributed by atoms with Gasteiger partial charge in [0.1, 0.15) is 5.82 Å². The number of anilines is 1. The highest BCUT2D eigenvalue weighted by Crippen LogP contribution is 2.57. The van der Waals surface area contributed by atoms with Crippen LogP contribution in [-0.2, 0) is 14.3 Å². The van der Waals surface area contributed by atoms with E-state index in [4.69, 9.17) is 16.3 Å². The molecular weight excluding hydrogens is 473 g/mol. The molecule has 6 rings (SSSR count). The Hall–Kier alpha value is -3.68. The van der Waals surface area contributed by atoms with Crippen molar-refractivity contribution in [2.45, 2.75) is 18.6 Å². The number of halogens is 2. The van der Waals surface area contributed by atoms with Gasteiger partial charge in [-0.15, -0.1) is 0 Å². The minimum Gasteiger partial charge on any atom is -0.349 e. The number of hydrogen-bond donors (Lipinski definition) is 0. The van der Waals surface area contributed by atoms with Crippen molar-refractivity contribution in [3.63, 3.8) is 0 Å². The summed E-state index contributed by atoms with van der Waals surface area (Å²) in [6, 6.07) is 16.3. The smallest absolute Gasteiger partial charge is 0.241 e. The highest BCUT2D eigenvalue weighted by molar-refractivity contribution is 6.37. The van der Waals surface area contributed by atoms with Gasteiger partial charge in [-0.25, -0.2) is 9.29 Å². The summed E-state index contributed by atoms with van der Waals surface area (Å²) >= 11 is 6.16. The van der Waals surface area contributed by atoms with Crippen LogP contribution in [0.5, 0.6) is 0 Å². The maximum absolute atomic E-state index is 13.9. The van der Waals surface area contributed by atoms with Crippen LogP contribution in [0, 0.1) is 24.6 Å². The second-order valence-corrected chi connectivity index (χ2v) is 9.41. The predicted octanol–water partition coefficient (Wildman–Crippen LogP) is 4.48. The first-order valence-electron chi connectivity index (χ1n) is 11.0. The standard InChI is InChI=1S/C27H17ClFNO5/c1-13-6-9-15(28)12-19(13)30-25(33)20-21(26(30)34)27(35-22(20)14-7-10-16(29)11-8-14)23(31)17-4-2-3-5-18(17)24(27)32/h2-12,20-22H,1H3/t20-,21-,22-/m0/s1. The third-order valence-corrected chi connectivity index (χ3v) is 7.36. The molecule has 2 heterocycles. The van der Waals surface area contributed by atoms with E-state index in [9.17, 15) is 23.6 Å². The van der Waals surface area contributed by atoms with Gasteiger partial charge in [-0.3, -0.25) is 19.2 Å². The molecule has 2 fully saturated rings. The van der Waals surface area contributed by atoms with Gasteiger partial charge in [0.15, 0.2) is 0 Å². The van der Waals surface area contributed by atoms with E-state index in [2.05, 4.69) is 0 Å². The second-order valence-electron chi connectivity index (χ2n) is 8.98. The van der Waals surface area contributed by atoms with Gasteiger partial charge in [-0.1, -0.05) is 54.1 Å². The van der Waals surface area contributed by atoms with Crippen molar-refractivity contribution in [3.8, 4) is 0 Å². The zero-order valence-electron chi connectivity index (χ0n) is 18.3. The summed E-state index contributed by atoms with van der Waals surface area (Å²) in [6.07, 6.45) is -1.11. The lowest BCUT2D eigenvalue weighted by Gasteiger charge is -2.27. The molecule has 3 aromatic carbocycles. The zero-order valence-corrected chi connectivity index (χ0v) is 19.1. The second kappa shape index (κ2) is 7.41. The van der Waals surface area contributed by atoms with E-state index in [1.54, 1.807) is 31.2 Å². The Bertz CT molecular complexity index is 1430. The molecule has 3 atom stereocenters. The summed E-state index contributed by atoms with van der Waals surface area (Å²) in [4.78, 5) is 56.2. The molecule has 6 nitrogen and oxygen atoms in total. The lowest BCUT2D eigenvalue weighted by Crippen LogP contribution is -2.51. The number of hydrogen-bond acceptors (Lipinski definition) is 5. The Morgan fingerprint density at radius 2 is 1.51 bits per heavy atom. The van der Waals surface area contributed by atoms with Crippen molar-refractivity contribution in [2.75, 3.05) is 4.90 Å². The fourth-order valence-electron chi connectivity index (χ4n) is 5.53. The molecule has 174 valence electrons. The first-order valence-corrected chi connectivity index (χ1v) is 11.4. The summed E-state index contributed by atoms with van der Waals surface area (Å²) in [5, 5.41) is 0.324. The van der Waals surface area contributed by atoms with Crippen molar-refractivity contribution in [1.82, 2.24) is 0 Å². The molecule has 3 aliphatic rings. The average Bonchev–Trinajstić information content (AvgIpc) is 3.41. The van der Waals surface area contributed by atoms with Crippen molar-refractivity contribution in [2.24, 2.45) is 11.8 Å². The number of aryl methyl sites for hydroxylation is 1. The average molecular weight is 490 g/mol. The van der Waals surface area contributed by atoms with Crippen LogP contribution in [0.4, 0.5) is 10.1 Å². The molecule has 0 radical (unpaired) electrons. The van der Waals surface area contributed by atoms with Crippen molar-refractivity contribution >= 4 is 40.7 Å². The van der Waals surface area contributed by atoms with Crippen LogP contribution in [-0.4, -0.2) is 29.0 Å². The van der Waals surface area contributed by atoms with Gasteiger partial charge in [0.2, 0.25) is 29.0 Å². The number of rotatable bonds is 2. The number of amides is 2. The van der Waals surface area contributed by atoms with Crippen LogP contribution in [0.15, 0.2) is 66.7 Å². The van der Waals surface area contributed by atoms with Crippen LogP contribution in [0.25, 0.3) is 0 Å². The lowest BCUT2D eigenvalue weighted by atomic mass is 9.77. The van der Waals surface area contributed by atoms with Gasteiger partial charge in [-0.2, -0.15) is 0 Å². The molecule has 0 N–H and O–H groups in total. The molecule has 2 aliphatic heterocycles. The highest BCUT2D eigenvalue weighted by atomic mass is 35.5. The molecule has 2 saturated heterocycles. The molecule has 1 spiro atoms. The zero-order chi connectivity index (χ0) is 24.6. The van der Waals surface area contributed by atoms with Gasteiger partial charge in [0.25, 0.3) is 0 Å². The quantitative estimate of drug-likeness (QED) is 0.391. The van der Waals surface area contributed by atoms with Crippen LogP contribution < -0.4 is 4.90 Å². The van der Waals surface area contributed by atoms with Gasteiger partial charge >= 0.3 is 0 Å². The van der Waals surface area contributed by atoms with E-state index >= 15 is 0 Å². The van der Waals surface area contributed by atoms with E-state index in [0.717, 1.165) is 4.90 Å². The third-order valence-electron chi connectivity index (χ3n) is 7.13. The summed E-state index contributed by atoms with van der Waals surface area (Å²) in [7, 11) is 0. The number of ketones is 2. The summed E-state index contributed by atoms with van der Waals surface area (Å²) in [5.74, 6) is -5.64. The number of nitrogens with zero attached hydrogens (tertiary/aromatic N) is 1. The molecule has 8 heteroatoms. The normalized spacial score (nSPS) is 24.4. The fraction of sp³-hybridized carbons (Fsp3) is 0.185. The molecule has 1 aliphatic carbocycles. The van der Waals surface area contributed by atoms with Crippen LogP contribution in [0.3, 0.4) is 0 Å². The minimum absolute atomic E-state index is 0.147. The number of imide groups is 1. The number of ether oxygens (including phenoxy) is 1. The Labute approximate surface area is 204 Å². The van der Waals surface area contributed by atoms with Gasteiger partial charge in [-0.05, 0) is 42.3 Å². The van der Waals surface area contributed by atoms with E-state index in [1.165, 1.54) is 42.5 Å². The minimum atomic E-state index is -2.18. The third kappa shape index (κ3) is 2.79. The maximum Gasteiger partial charge on any atom is 0.241 e. The fourth-order valence-corrected chi connectivity index (χ4v) is 5.70. The van der Waals surface area contributed by atoms with Crippen LogP contribution in [0.1, 0.15) is 37.9 Å². The van der Waals surface area contributed by atoms with E-state index in [1.807, 2.05) is 0 Å². The van der Waals surface area contributed by atoms with E-state index in [-0.39, 0.29) is 16.8 Å². The maximum atomic E-state index is 13.9. The molecule has 0 aromatic heterocycles. The van der Waals surface area contributed by atoms with E-state index in [0.29, 0.717) is 16.1 Å². The number of carbonyl (C=O) groups excluding carboxylic acids is 4. The van der Waals surface area contributed by atoms with Gasteiger partial charge in [0, 0.05) is 16.1 Å². The van der Waals surface area contributed by atoms with Crippen LogP contribution in [0.2, 0.25) is 5.02 Å². The number of Topliss-reactive ketones (excluding diaryl/α,β-unsaturated/α-hetero) is 2. The van der Waals surface area contributed by atoms with Gasteiger partial charge < -0.3 is 4.74 Å². The predicted molar refractivity (Wildman–Crippen MR) is 124 cm³/mol. The van der Waals surface area contributed by atoms with Crippen molar-refractivity contribution in [1.29, 1.82) is 0 Å². The first-order chi connectivity index (χ1) is 16.8. The van der Waals surface area contributed by atoms with Gasteiger partial charge in [0.05, 0.1) is 23.6 Å². The van der Waals surface area contributed by atoms with E-state index < -0.39 is 52.7 Å². The van der Waals surface area contributed by atoms with Crippen molar-refractivity contribution in [3.05, 3.63) is 99.8 Å². The number of benzene rings is 3. The summed E-state index contributed by atoms with van der Waals surface area (Å²) < 4.78 is 19.8. The SMILES string of the molecule is Cc1ccc(Cl)cc1N1C(=O)[C@H]2[C@@H](C1=O)C1(O[C@H]2c2ccc(F)cc2)C(=O)c2ccccc2C1=O. The Morgan fingerprint density at radius 1 is 0.886 bits per heavy atom. The molecular formula is C27H17ClFNO5. The Morgan fingerprint density at radius 3 is 2.14 bits per heavy atom. The van der Waals surface area contributed by atoms with Crippen molar-refractivity contribution < 1.29 is 28.3 Å². The Kier molecular flexibility index (Phi) is 4.62. The lowest BCUT2D eigenvalue weighted by molar-refractivity contribution is -0.127. The van der Waals surface area contributed by atoms with Crippen LogP contribution >= 0.6 is 11.6 Å². The highest BCUT2D eigenvalue weighted by Gasteiger charge is 2.74. The first kappa shape index (κ1) is 21.8. The molecule has 0 unspecified atom stereocenters. The molecule has 0 bridgehead atoms. The largest absolute Gasteiger partial charge is 0.349 e. The molecule has 0 saturated carbocycles. The topological polar surface area (TPSA) is 80.8 Å². The molecule has 35 heavy (non-hydrogen) atoms.